The quantitative estimate of drug-likeness (QED) is 0.693. The maximum Gasteiger partial charge on any atom is 0.0699 e. The van der Waals surface area contributed by atoms with Crippen molar-refractivity contribution in [3.8, 4) is 0 Å². The lowest BCUT2D eigenvalue weighted by Gasteiger charge is -2.23. The van der Waals surface area contributed by atoms with Crippen molar-refractivity contribution in [2.75, 3.05) is 25.6 Å². The third kappa shape index (κ3) is 5.18. The predicted molar refractivity (Wildman–Crippen MR) is 61.0 cm³/mol. The Morgan fingerprint density at radius 3 is 3.00 bits per heavy atom. The molecule has 0 aliphatic carbocycles. The van der Waals surface area contributed by atoms with Crippen molar-refractivity contribution in [1.29, 1.82) is 0 Å². The van der Waals surface area contributed by atoms with E-state index in [2.05, 4.69) is 12.2 Å². The summed E-state index contributed by atoms with van der Waals surface area (Å²) < 4.78 is 5.63. The predicted octanol–water partition coefficient (Wildman–Crippen LogP) is 2.41. The summed E-state index contributed by atoms with van der Waals surface area (Å²) in [6, 6.07) is 0. The number of alkyl halides is 1. The van der Waals surface area contributed by atoms with E-state index in [0.717, 1.165) is 32.0 Å². The first-order valence-electron chi connectivity index (χ1n) is 5.71. The highest BCUT2D eigenvalue weighted by Gasteiger charge is 2.13. The average Bonchev–Trinajstić information content (AvgIpc) is 2.20. The second kappa shape index (κ2) is 7.49. The molecule has 0 spiro atoms. The molecule has 14 heavy (non-hydrogen) atoms. The molecule has 0 aromatic carbocycles. The van der Waals surface area contributed by atoms with Gasteiger partial charge >= 0.3 is 0 Å². The summed E-state index contributed by atoms with van der Waals surface area (Å²) in [4.78, 5) is 0. The van der Waals surface area contributed by atoms with E-state index in [1.54, 1.807) is 0 Å². The van der Waals surface area contributed by atoms with E-state index >= 15 is 0 Å². The molecule has 2 unspecified atom stereocenters. The Morgan fingerprint density at radius 2 is 2.36 bits per heavy atom. The van der Waals surface area contributed by atoms with Crippen LogP contribution >= 0.6 is 11.6 Å². The van der Waals surface area contributed by atoms with Crippen molar-refractivity contribution in [3.05, 3.63) is 0 Å². The fourth-order valence-corrected chi connectivity index (χ4v) is 2.12. The second-order valence-corrected chi connectivity index (χ2v) is 4.61. The molecule has 2 nitrogen and oxygen atoms in total. The van der Waals surface area contributed by atoms with Crippen LogP contribution in [0.25, 0.3) is 0 Å². The summed E-state index contributed by atoms with van der Waals surface area (Å²) in [5, 5.41) is 3.46. The normalized spacial score (nSPS) is 24.9. The fraction of sp³-hybridized carbons (Fsp3) is 1.00. The number of halogens is 1. The first kappa shape index (κ1) is 12.3. The molecule has 1 rings (SSSR count). The number of ether oxygens (including phenoxy) is 1. The van der Waals surface area contributed by atoms with Crippen molar-refractivity contribution >= 4 is 11.6 Å². The molecule has 1 N–H and O–H groups in total. The van der Waals surface area contributed by atoms with E-state index in [4.69, 9.17) is 16.3 Å². The Balaban J connectivity index is 1.96. The molecular formula is C11H22ClNO. The SMILES string of the molecule is CC(CCCl)CNCC1CCCCO1. The third-order valence-electron chi connectivity index (χ3n) is 2.74. The Labute approximate surface area is 92.3 Å². The molecule has 1 aliphatic rings. The van der Waals surface area contributed by atoms with Crippen LogP contribution < -0.4 is 5.32 Å². The number of rotatable bonds is 6. The summed E-state index contributed by atoms with van der Waals surface area (Å²) in [7, 11) is 0. The Kier molecular flexibility index (Phi) is 6.57. The van der Waals surface area contributed by atoms with Gasteiger partial charge in [-0.15, -0.1) is 11.6 Å². The van der Waals surface area contributed by atoms with Gasteiger partial charge in [-0.1, -0.05) is 6.92 Å². The van der Waals surface area contributed by atoms with Gasteiger partial charge < -0.3 is 10.1 Å². The van der Waals surface area contributed by atoms with Gasteiger partial charge in [-0.25, -0.2) is 0 Å². The lowest BCUT2D eigenvalue weighted by molar-refractivity contribution is 0.0166. The molecule has 0 amide bonds. The van der Waals surface area contributed by atoms with Gasteiger partial charge in [-0.05, 0) is 38.1 Å². The first-order valence-corrected chi connectivity index (χ1v) is 6.24. The number of hydrogen-bond donors (Lipinski definition) is 1. The summed E-state index contributed by atoms with van der Waals surface area (Å²) in [6.45, 7) is 5.25. The maximum absolute atomic E-state index is 5.67. The van der Waals surface area contributed by atoms with Crippen LogP contribution in [0.15, 0.2) is 0 Å². The highest BCUT2D eigenvalue weighted by molar-refractivity contribution is 6.17. The highest BCUT2D eigenvalue weighted by Crippen LogP contribution is 2.11. The van der Waals surface area contributed by atoms with Crippen LogP contribution in [0.5, 0.6) is 0 Å². The van der Waals surface area contributed by atoms with Crippen molar-refractivity contribution in [2.45, 2.75) is 38.7 Å². The summed E-state index contributed by atoms with van der Waals surface area (Å²) in [5.74, 6) is 1.44. The van der Waals surface area contributed by atoms with Crippen LogP contribution in [0, 0.1) is 5.92 Å². The van der Waals surface area contributed by atoms with Crippen molar-refractivity contribution in [1.82, 2.24) is 5.32 Å². The Hall–Kier alpha value is 0.210. The van der Waals surface area contributed by atoms with Gasteiger partial charge in [-0.2, -0.15) is 0 Å². The largest absolute Gasteiger partial charge is 0.377 e. The highest BCUT2D eigenvalue weighted by atomic mass is 35.5. The molecule has 1 heterocycles. The lowest BCUT2D eigenvalue weighted by atomic mass is 10.1. The summed E-state index contributed by atoms with van der Waals surface area (Å²) in [6.07, 6.45) is 5.33. The minimum atomic E-state index is 0.451. The van der Waals surface area contributed by atoms with Gasteiger partial charge in [0.15, 0.2) is 0 Å². The van der Waals surface area contributed by atoms with Crippen molar-refractivity contribution in [3.63, 3.8) is 0 Å². The standard InChI is InChI=1S/C11H22ClNO/c1-10(5-6-12)8-13-9-11-4-2-3-7-14-11/h10-11,13H,2-9H2,1H3. The zero-order chi connectivity index (χ0) is 10.2. The van der Waals surface area contributed by atoms with E-state index in [-0.39, 0.29) is 0 Å². The fourth-order valence-electron chi connectivity index (χ4n) is 1.75. The van der Waals surface area contributed by atoms with Gasteiger partial charge in [0.25, 0.3) is 0 Å². The topological polar surface area (TPSA) is 21.3 Å². The molecule has 3 heteroatoms. The van der Waals surface area contributed by atoms with E-state index in [0.29, 0.717) is 12.0 Å². The molecule has 84 valence electrons. The van der Waals surface area contributed by atoms with E-state index in [1.165, 1.54) is 19.3 Å². The van der Waals surface area contributed by atoms with Crippen molar-refractivity contribution in [2.24, 2.45) is 5.92 Å². The van der Waals surface area contributed by atoms with Gasteiger partial charge in [0.2, 0.25) is 0 Å². The Morgan fingerprint density at radius 1 is 1.50 bits per heavy atom. The number of nitrogens with one attached hydrogen (secondary N) is 1. The molecule has 1 saturated heterocycles. The van der Waals surface area contributed by atoms with Crippen LogP contribution in [-0.4, -0.2) is 31.7 Å². The van der Waals surface area contributed by atoms with Crippen LogP contribution in [0.1, 0.15) is 32.6 Å². The van der Waals surface area contributed by atoms with Gasteiger partial charge in [0.05, 0.1) is 6.10 Å². The van der Waals surface area contributed by atoms with Gasteiger partial charge in [-0.3, -0.25) is 0 Å². The minimum Gasteiger partial charge on any atom is -0.377 e. The van der Waals surface area contributed by atoms with Crippen molar-refractivity contribution < 1.29 is 4.74 Å². The summed E-state index contributed by atoms with van der Waals surface area (Å²) >= 11 is 5.67. The van der Waals surface area contributed by atoms with Crippen LogP contribution in [0.2, 0.25) is 0 Å². The molecule has 2 atom stereocenters. The molecule has 0 saturated carbocycles. The molecule has 0 bridgehead atoms. The van der Waals surface area contributed by atoms with E-state index in [1.807, 2.05) is 0 Å². The second-order valence-electron chi connectivity index (χ2n) is 4.23. The molecule has 0 aromatic heterocycles. The summed E-state index contributed by atoms with van der Waals surface area (Å²) in [5.41, 5.74) is 0. The molecule has 1 aliphatic heterocycles. The average molecular weight is 220 g/mol. The van der Waals surface area contributed by atoms with Gasteiger partial charge in [0, 0.05) is 19.0 Å². The minimum absolute atomic E-state index is 0.451. The maximum atomic E-state index is 5.67. The first-order chi connectivity index (χ1) is 6.83. The zero-order valence-electron chi connectivity index (χ0n) is 9.10. The monoisotopic (exact) mass is 219 g/mol. The smallest absolute Gasteiger partial charge is 0.0699 e. The molecular weight excluding hydrogens is 198 g/mol. The van der Waals surface area contributed by atoms with Crippen LogP contribution in [0.4, 0.5) is 0 Å². The lowest BCUT2D eigenvalue weighted by Crippen LogP contribution is -2.34. The molecule has 0 radical (unpaired) electrons. The van der Waals surface area contributed by atoms with E-state index in [9.17, 15) is 0 Å². The van der Waals surface area contributed by atoms with Crippen LogP contribution in [-0.2, 0) is 4.74 Å². The Bertz CT molecular complexity index is 137. The number of hydrogen-bond acceptors (Lipinski definition) is 2. The van der Waals surface area contributed by atoms with Crippen LogP contribution in [0.3, 0.4) is 0 Å². The van der Waals surface area contributed by atoms with E-state index < -0.39 is 0 Å². The third-order valence-corrected chi connectivity index (χ3v) is 2.96. The van der Waals surface area contributed by atoms with Gasteiger partial charge in [0.1, 0.15) is 0 Å². The molecule has 0 aromatic rings. The molecule has 1 fully saturated rings. The zero-order valence-corrected chi connectivity index (χ0v) is 9.85.